The van der Waals surface area contributed by atoms with E-state index in [0.717, 1.165) is 6.61 Å². The summed E-state index contributed by atoms with van der Waals surface area (Å²) in [6.45, 7) is 4.71. The Bertz CT molecular complexity index is 68.1. The fourth-order valence-electron chi connectivity index (χ4n) is 0.355. The van der Waals surface area contributed by atoms with Gasteiger partial charge in [-0.15, -0.1) is 0 Å². The molecule has 0 aromatic carbocycles. The molecule has 9 heavy (non-hydrogen) atoms. The smallest absolute Gasteiger partial charge is 0.102 e. The van der Waals surface area contributed by atoms with Crippen LogP contribution in [0.15, 0.2) is 0 Å². The van der Waals surface area contributed by atoms with Gasteiger partial charge in [0.05, 0.1) is 6.61 Å². The minimum absolute atomic E-state index is 0.125. The Kier molecular flexibility index (Phi) is 5.24. The van der Waals surface area contributed by atoms with Crippen LogP contribution in [-0.2, 0) is 4.74 Å². The van der Waals surface area contributed by atoms with E-state index in [0.29, 0.717) is 5.25 Å². The minimum Gasteiger partial charge on any atom is -0.363 e. The van der Waals surface area contributed by atoms with Crippen LogP contribution in [0.4, 0.5) is 0 Å². The fraction of sp³-hybridized carbons (Fsp3) is 1.00. The van der Waals surface area contributed by atoms with Crippen LogP contribution in [0.5, 0.6) is 0 Å². The summed E-state index contributed by atoms with van der Waals surface area (Å²) in [4.78, 5) is 0. The lowest BCUT2D eigenvalue weighted by molar-refractivity contribution is 0.0737. The molecular weight excluding hydrogens is 134 g/mol. The predicted molar refractivity (Wildman–Crippen MR) is 42.6 cm³/mol. The summed E-state index contributed by atoms with van der Waals surface area (Å²) < 4.78 is 5.15. The van der Waals surface area contributed by atoms with Gasteiger partial charge in [-0.3, -0.25) is 0 Å². The first kappa shape index (κ1) is 9.27. The molecule has 0 saturated carbocycles. The van der Waals surface area contributed by atoms with Crippen molar-refractivity contribution in [1.82, 2.24) is 0 Å². The Morgan fingerprint density at radius 3 is 2.44 bits per heavy atom. The summed E-state index contributed by atoms with van der Waals surface area (Å²) in [5, 5.41) is 0.552. The Morgan fingerprint density at radius 1 is 1.56 bits per heavy atom. The van der Waals surface area contributed by atoms with Crippen LogP contribution < -0.4 is 5.73 Å². The van der Waals surface area contributed by atoms with Gasteiger partial charge in [-0.25, -0.2) is 0 Å². The van der Waals surface area contributed by atoms with Gasteiger partial charge in [0.25, 0.3) is 0 Å². The van der Waals surface area contributed by atoms with Crippen LogP contribution in [0.25, 0.3) is 0 Å². The molecule has 0 amide bonds. The quantitative estimate of drug-likeness (QED) is 0.607. The standard InChI is InChI=1S/C6H15NOS/c1-5(9-3)4-8-6(2)7/h5-6H,4,7H2,1-3H3/t5-,6?/m0/s1. The van der Waals surface area contributed by atoms with E-state index >= 15 is 0 Å². The van der Waals surface area contributed by atoms with Crippen molar-refractivity contribution in [3.8, 4) is 0 Å². The highest BCUT2D eigenvalue weighted by Crippen LogP contribution is 2.04. The zero-order chi connectivity index (χ0) is 7.28. The van der Waals surface area contributed by atoms with Gasteiger partial charge in [-0.2, -0.15) is 11.8 Å². The highest BCUT2D eigenvalue weighted by Gasteiger charge is 1.99. The van der Waals surface area contributed by atoms with E-state index in [1.807, 2.05) is 6.92 Å². The van der Waals surface area contributed by atoms with E-state index in [1.54, 1.807) is 11.8 Å². The molecule has 0 radical (unpaired) electrons. The molecule has 2 nitrogen and oxygen atoms in total. The lowest BCUT2D eigenvalue weighted by Gasteiger charge is -2.10. The molecule has 0 rings (SSSR count). The molecule has 0 heterocycles. The second-order valence-corrected chi connectivity index (χ2v) is 3.36. The number of rotatable bonds is 4. The topological polar surface area (TPSA) is 35.2 Å². The third kappa shape index (κ3) is 6.15. The largest absolute Gasteiger partial charge is 0.363 e. The third-order valence-electron chi connectivity index (χ3n) is 0.996. The molecule has 0 aliphatic rings. The molecule has 2 N–H and O–H groups in total. The average molecular weight is 149 g/mol. The molecule has 0 aliphatic heterocycles. The second kappa shape index (κ2) is 5.09. The fourth-order valence-corrected chi connectivity index (χ4v) is 0.570. The number of thioether (sulfide) groups is 1. The maximum atomic E-state index is 5.36. The summed E-state index contributed by atoms with van der Waals surface area (Å²) in [7, 11) is 0. The molecule has 0 spiro atoms. The van der Waals surface area contributed by atoms with Crippen LogP contribution in [0.2, 0.25) is 0 Å². The van der Waals surface area contributed by atoms with E-state index in [1.165, 1.54) is 0 Å². The lowest BCUT2D eigenvalue weighted by atomic mass is 10.5. The maximum absolute atomic E-state index is 5.36. The summed E-state index contributed by atoms with van der Waals surface area (Å²) >= 11 is 1.79. The first-order chi connectivity index (χ1) is 4.16. The van der Waals surface area contributed by atoms with Crippen molar-refractivity contribution in [2.75, 3.05) is 12.9 Å². The number of hydrogen-bond acceptors (Lipinski definition) is 3. The van der Waals surface area contributed by atoms with Crippen molar-refractivity contribution in [2.24, 2.45) is 5.73 Å². The van der Waals surface area contributed by atoms with E-state index < -0.39 is 0 Å². The highest BCUT2D eigenvalue weighted by atomic mass is 32.2. The van der Waals surface area contributed by atoms with Gasteiger partial charge < -0.3 is 10.5 Å². The van der Waals surface area contributed by atoms with E-state index in [4.69, 9.17) is 10.5 Å². The van der Waals surface area contributed by atoms with Crippen molar-refractivity contribution >= 4 is 11.8 Å². The molecule has 0 fully saturated rings. The molecular formula is C6H15NOS. The van der Waals surface area contributed by atoms with Crippen LogP contribution in [0.1, 0.15) is 13.8 Å². The van der Waals surface area contributed by atoms with Gasteiger partial charge in [0.1, 0.15) is 6.23 Å². The van der Waals surface area contributed by atoms with Gasteiger partial charge in [0.15, 0.2) is 0 Å². The van der Waals surface area contributed by atoms with Crippen molar-refractivity contribution in [3.05, 3.63) is 0 Å². The molecule has 3 heteroatoms. The normalized spacial score (nSPS) is 17.3. The summed E-state index contributed by atoms with van der Waals surface area (Å²) in [5.41, 5.74) is 5.36. The molecule has 0 saturated heterocycles. The summed E-state index contributed by atoms with van der Waals surface area (Å²) in [6, 6.07) is 0. The van der Waals surface area contributed by atoms with Crippen molar-refractivity contribution in [1.29, 1.82) is 0 Å². The van der Waals surface area contributed by atoms with Crippen molar-refractivity contribution < 1.29 is 4.74 Å². The number of nitrogens with two attached hydrogens (primary N) is 1. The minimum atomic E-state index is -0.125. The van der Waals surface area contributed by atoms with Gasteiger partial charge in [-0.05, 0) is 13.2 Å². The van der Waals surface area contributed by atoms with Crippen molar-refractivity contribution in [2.45, 2.75) is 25.3 Å². The Morgan fingerprint density at radius 2 is 2.11 bits per heavy atom. The SMILES string of the molecule is CS[C@@H](C)COC(C)N. The highest BCUT2D eigenvalue weighted by molar-refractivity contribution is 7.99. The number of ether oxygens (including phenoxy) is 1. The van der Waals surface area contributed by atoms with E-state index in [9.17, 15) is 0 Å². The van der Waals surface area contributed by atoms with Crippen LogP contribution >= 0.6 is 11.8 Å². The number of hydrogen-bond donors (Lipinski definition) is 1. The molecule has 0 bridgehead atoms. The Hall–Kier alpha value is 0.270. The monoisotopic (exact) mass is 149 g/mol. The molecule has 0 aromatic rings. The summed E-state index contributed by atoms with van der Waals surface area (Å²) in [6.07, 6.45) is 1.94. The summed E-state index contributed by atoms with van der Waals surface area (Å²) in [5.74, 6) is 0. The molecule has 0 aromatic heterocycles. The van der Waals surface area contributed by atoms with Gasteiger partial charge in [0.2, 0.25) is 0 Å². The second-order valence-electron chi connectivity index (χ2n) is 2.08. The third-order valence-corrected chi connectivity index (χ3v) is 1.94. The zero-order valence-corrected chi connectivity index (χ0v) is 7.07. The van der Waals surface area contributed by atoms with Gasteiger partial charge >= 0.3 is 0 Å². The van der Waals surface area contributed by atoms with E-state index in [-0.39, 0.29) is 6.23 Å². The predicted octanol–water partition coefficient (Wildman–Crippen LogP) is 1.06. The van der Waals surface area contributed by atoms with Gasteiger partial charge in [-0.1, -0.05) is 6.92 Å². The maximum Gasteiger partial charge on any atom is 0.102 e. The zero-order valence-electron chi connectivity index (χ0n) is 6.26. The van der Waals surface area contributed by atoms with Crippen LogP contribution in [0, 0.1) is 0 Å². The average Bonchev–Trinajstić information content (AvgIpc) is 1.83. The first-order valence-electron chi connectivity index (χ1n) is 3.06. The Labute approximate surface area is 61.1 Å². The van der Waals surface area contributed by atoms with Crippen molar-refractivity contribution in [3.63, 3.8) is 0 Å². The van der Waals surface area contributed by atoms with E-state index in [2.05, 4.69) is 13.2 Å². The van der Waals surface area contributed by atoms with Crippen LogP contribution in [0.3, 0.4) is 0 Å². The molecule has 1 unspecified atom stereocenters. The van der Waals surface area contributed by atoms with Gasteiger partial charge in [0, 0.05) is 5.25 Å². The molecule has 0 aliphatic carbocycles. The lowest BCUT2D eigenvalue weighted by Crippen LogP contribution is -2.22. The Balaban J connectivity index is 3.06. The first-order valence-corrected chi connectivity index (χ1v) is 4.35. The molecule has 2 atom stereocenters. The molecule has 56 valence electrons. The van der Waals surface area contributed by atoms with Crippen LogP contribution in [-0.4, -0.2) is 24.3 Å².